The molecule has 0 aliphatic carbocycles. The normalized spacial score (nSPS) is 19.6. The van der Waals surface area contributed by atoms with Crippen molar-refractivity contribution in [1.82, 2.24) is 4.90 Å². The maximum absolute atomic E-state index is 12.4. The summed E-state index contributed by atoms with van der Waals surface area (Å²) in [5, 5.41) is 13.2. The molecule has 0 spiro atoms. The highest BCUT2D eigenvalue weighted by atomic mass is 35.5. The van der Waals surface area contributed by atoms with Crippen LogP contribution in [0.4, 0.5) is 10.5 Å². The summed E-state index contributed by atoms with van der Waals surface area (Å²) >= 11 is 11.9. The zero-order chi connectivity index (χ0) is 14.5. The molecule has 1 atom stereocenters. The lowest BCUT2D eigenvalue weighted by molar-refractivity contribution is 0.142. The van der Waals surface area contributed by atoms with Gasteiger partial charge < -0.3 is 15.3 Å². The van der Waals surface area contributed by atoms with Crippen molar-refractivity contribution >= 4 is 34.9 Å². The first-order valence-electron chi connectivity index (χ1n) is 6.75. The number of benzene rings is 1. The van der Waals surface area contributed by atoms with Crippen molar-refractivity contribution in [3.8, 4) is 0 Å². The van der Waals surface area contributed by atoms with E-state index in [9.17, 15) is 9.90 Å². The van der Waals surface area contributed by atoms with Crippen molar-refractivity contribution in [2.24, 2.45) is 0 Å². The van der Waals surface area contributed by atoms with Gasteiger partial charge in [0.15, 0.2) is 0 Å². The van der Waals surface area contributed by atoms with Gasteiger partial charge >= 0.3 is 6.03 Å². The standard InChI is InChI=1S/C14H18Cl2N2O2/c15-10-5-6-12(16)13(8-10)17-14(20)18-7-3-1-2-4-11(18)9-19/h5-6,8,11,19H,1-4,7,9H2,(H,17,20). The molecule has 2 rings (SSSR count). The van der Waals surface area contributed by atoms with E-state index in [1.165, 1.54) is 0 Å². The number of urea groups is 1. The van der Waals surface area contributed by atoms with E-state index in [1.807, 2.05) is 0 Å². The third kappa shape index (κ3) is 3.78. The molecule has 1 aliphatic rings. The third-order valence-electron chi connectivity index (χ3n) is 3.52. The number of rotatable bonds is 2. The maximum Gasteiger partial charge on any atom is 0.322 e. The molecule has 1 fully saturated rings. The molecule has 6 heteroatoms. The predicted octanol–water partition coefficient (Wildman–Crippen LogP) is 3.76. The molecule has 1 unspecified atom stereocenters. The molecular weight excluding hydrogens is 299 g/mol. The Hall–Kier alpha value is -0.970. The van der Waals surface area contributed by atoms with E-state index in [1.54, 1.807) is 23.1 Å². The van der Waals surface area contributed by atoms with Crippen molar-refractivity contribution in [2.75, 3.05) is 18.5 Å². The number of hydrogen-bond donors (Lipinski definition) is 2. The molecule has 2 amide bonds. The van der Waals surface area contributed by atoms with Crippen LogP contribution in [-0.4, -0.2) is 35.2 Å². The van der Waals surface area contributed by atoms with Gasteiger partial charge in [-0.1, -0.05) is 36.0 Å². The van der Waals surface area contributed by atoms with Gasteiger partial charge in [-0.25, -0.2) is 4.79 Å². The number of anilines is 1. The molecule has 1 aliphatic heterocycles. The molecule has 0 bridgehead atoms. The highest BCUT2D eigenvalue weighted by Crippen LogP contribution is 2.26. The van der Waals surface area contributed by atoms with Crippen molar-refractivity contribution in [3.63, 3.8) is 0 Å². The second-order valence-electron chi connectivity index (χ2n) is 4.93. The number of carbonyl (C=O) groups is 1. The minimum absolute atomic E-state index is 0.0172. The molecular formula is C14H18Cl2N2O2. The predicted molar refractivity (Wildman–Crippen MR) is 81.5 cm³/mol. The van der Waals surface area contributed by atoms with Gasteiger partial charge in [0, 0.05) is 11.6 Å². The number of nitrogens with one attached hydrogen (secondary N) is 1. The minimum atomic E-state index is -0.241. The molecule has 1 aromatic rings. The van der Waals surface area contributed by atoms with Gasteiger partial charge in [0.05, 0.1) is 23.4 Å². The molecule has 2 N–H and O–H groups in total. The van der Waals surface area contributed by atoms with Gasteiger partial charge in [-0.05, 0) is 31.0 Å². The number of carbonyl (C=O) groups excluding carboxylic acids is 1. The van der Waals surface area contributed by atoms with Crippen LogP contribution in [-0.2, 0) is 0 Å². The number of nitrogens with zero attached hydrogens (tertiary/aromatic N) is 1. The van der Waals surface area contributed by atoms with Crippen LogP contribution in [0.1, 0.15) is 25.7 Å². The Labute approximate surface area is 128 Å². The minimum Gasteiger partial charge on any atom is -0.394 e. The molecule has 1 heterocycles. The summed E-state index contributed by atoms with van der Waals surface area (Å²) in [4.78, 5) is 14.0. The first-order chi connectivity index (χ1) is 9.61. The summed E-state index contributed by atoms with van der Waals surface area (Å²) in [6.07, 6.45) is 3.89. The lowest BCUT2D eigenvalue weighted by Crippen LogP contribution is -2.44. The Balaban J connectivity index is 2.11. The van der Waals surface area contributed by atoms with Crippen LogP contribution in [0.5, 0.6) is 0 Å². The summed E-state index contributed by atoms with van der Waals surface area (Å²) in [5.74, 6) is 0. The molecule has 1 aromatic carbocycles. The number of aliphatic hydroxyl groups is 1. The van der Waals surface area contributed by atoms with Gasteiger partial charge in [0.1, 0.15) is 0 Å². The fourth-order valence-electron chi connectivity index (χ4n) is 2.41. The van der Waals surface area contributed by atoms with E-state index in [4.69, 9.17) is 23.2 Å². The first-order valence-corrected chi connectivity index (χ1v) is 7.51. The van der Waals surface area contributed by atoms with Gasteiger partial charge in [0.25, 0.3) is 0 Å². The molecule has 20 heavy (non-hydrogen) atoms. The van der Waals surface area contributed by atoms with Crippen LogP contribution < -0.4 is 5.32 Å². The van der Waals surface area contributed by atoms with Crippen LogP contribution >= 0.6 is 23.2 Å². The van der Waals surface area contributed by atoms with Crippen molar-refractivity contribution in [2.45, 2.75) is 31.7 Å². The Morgan fingerprint density at radius 3 is 2.90 bits per heavy atom. The Bertz CT molecular complexity index is 482. The monoisotopic (exact) mass is 316 g/mol. The zero-order valence-electron chi connectivity index (χ0n) is 11.1. The lowest BCUT2D eigenvalue weighted by Gasteiger charge is -2.28. The summed E-state index contributed by atoms with van der Waals surface area (Å²) in [6.45, 7) is 0.631. The fraction of sp³-hybridized carbons (Fsp3) is 0.500. The first kappa shape index (κ1) is 15.4. The van der Waals surface area contributed by atoms with Gasteiger partial charge in [-0.3, -0.25) is 0 Å². The number of amides is 2. The summed E-state index contributed by atoms with van der Waals surface area (Å²) in [7, 11) is 0. The number of aliphatic hydroxyl groups excluding tert-OH is 1. The Kier molecular flexibility index (Phi) is 5.52. The second-order valence-corrected chi connectivity index (χ2v) is 5.78. The third-order valence-corrected chi connectivity index (χ3v) is 4.08. The number of likely N-dealkylation sites (tertiary alicyclic amines) is 1. The van der Waals surface area contributed by atoms with Crippen molar-refractivity contribution < 1.29 is 9.90 Å². The fourth-order valence-corrected chi connectivity index (χ4v) is 2.75. The molecule has 0 saturated carbocycles. The van der Waals surface area contributed by atoms with E-state index < -0.39 is 0 Å². The molecule has 1 saturated heterocycles. The maximum atomic E-state index is 12.4. The van der Waals surface area contributed by atoms with E-state index in [0.29, 0.717) is 22.3 Å². The molecule has 0 radical (unpaired) electrons. The van der Waals surface area contributed by atoms with E-state index >= 15 is 0 Å². The quantitative estimate of drug-likeness (QED) is 0.872. The Morgan fingerprint density at radius 2 is 2.15 bits per heavy atom. The average molecular weight is 317 g/mol. The molecule has 4 nitrogen and oxygen atoms in total. The topological polar surface area (TPSA) is 52.6 Å². The largest absolute Gasteiger partial charge is 0.394 e. The SMILES string of the molecule is O=C(Nc1cc(Cl)ccc1Cl)N1CCCCCC1CO. The highest BCUT2D eigenvalue weighted by molar-refractivity contribution is 6.35. The van der Waals surface area contributed by atoms with E-state index in [-0.39, 0.29) is 18.7 Å². The van der Waals surface area contributed by atoms with Crippen LogP contribution in [0, 0.1) is 0 Å². The highest BCUT2D eigenvalue weighted by Gasteiger charge is 2.25. The second kappa shape index (κ2) is 7.16. The molecule has 110 valence electrons. The smallest absolute Gasteiger partial charge is 0.322 e. The Morgan fingerprint density at radius 1 is 1.35 bits per heavy atom. The summed E-state index contributed by atoms with van der Waals surface area (Å²) in [6, 6.07) is 4.56. The van der Waals surface area contributed by atoms with Crippen LogP contribution in [0.15, 0.2) is 18.2 Å². The van der Waals surface area contributed by atoms with Crippen LogP contribution in [0.3, 0.4) is 0 Å². The number of hydrogen-bond acceptors (Lipinski definition) is 2. The van der Waals surface area contributed by atoms with Crippen molar-refractivity contribution in [3.05, 3.63) is 28.2 Å². The lowest BCUT2D eigenvalue weighted by atomic mass is 10.1. The van der Waals surface area contributed by atoms with Gasteiger partial charge in [-0.2, -0.15) is 0 Å². The summed E-state index contributed by atoms with van der Waals surface area (Å²) in [5.41, 5.74) is 0.491. The van der Waals surface area contributed by atoms with Crippen LogP contribution in [0.2, 0.25) is 10.0 Å². The van der Waals surface area contributed by atoms with E-state index in [2.05, 4.69) is 5.32 Å². The van der Waals surface area contributed by atoms with Gasteiger partial charge in [0.2, 0.25) is 0 Å². The van der Waals surface area contributed by atoms with Crippen molar-refractivity contribution in [1.29, 1.82) is 0 Å². The number of halogens is 2. The van der Waals surface area contributed by atoms with E-state index in [0.717, 1.165) is 25.7 Å². The van der Waals surface area contributed by atoms with Gasteiger partial charge in [-0.15, -0.1) is 0 Å². The zero-order valence-corrected chi connectivity index (χ0v) is 12.6. The average Bonchev–Trinajstić information content (AvgIpc) is 2.68. The summed E-state index contributed by atoms with van der Waals surface area (Å²) < 4.78 is 0. The van der Waals surface area contributed by atoms with Crippen LogP contribution in [0.25, 0.3) is 0 Å². The molecule has 0 aromatic heterocycles.